The lowest BCUT2D eigenvalue weighted by Gasteiger charge is -2.41. The van der Waals surface area contributed by atoms with Crippen molar-refractivity contribution in [3.63, 3.8) is 0 Å². The minimum Gasteiger partial charge on any atom is -0.457 e. The Hall–Kier alpha value is -0.900. The van der Waals surface area contributed by atoms with Gasteiger partial charge in [-0.05, 0) is 12.8 Å². The standard InChI is InChI=1S/C38H74O12S/c1-3-5-7-9-10-11-12-13-14-15-16-17-18-19-20-21-22-23-24-26-28-46-30-32(48-34(40)27-25-8-6-4-2)31-47-38-36(42)37(50-51(43,44)45)35(41)33(29-39)49-38/h32-33,35-39,41-42H,3-31H2,1-2H3,(H,43,44,45). The molecule has 4 N–H and O–H groups in total. The number of rotatable bonds is 35. The van der Waals surface area contributed by atoms with E-state index in [2.05, 4.69) is 18.0 Å². The normalized spacial score (nSPS) is 21.6. The highest BCUT2D eigenvalue weighted by molar-refractivity contribution is 7.80. The number of unbranched alkanes of at least 4 members (excludes halogenated alkanes) is 22. The Morgan fingerprint density at radius 3 is 1.57 bits per heavy atom. The topological polar surface area (TPSA) is 178 Å². The summed E-state index contributed by atoms with van der Waals surface area (Å²) in [6.45, 7) is 3.87. The summed E-state index contributed by atoms with van der Waals surface area (Å²) >= 11 is 0. The minimum absolute atomic E-state index is 0.0413. The predicted octanol–water partition coefficient (Wildman–Crippen LogP) is 7.35. The molecule has 1 saturated heterocycles. The molecule has 1 rings (SSSR count). The molecule has 0 radical (unpaired) electrons. The molecule has 0 aromatic rings. The molecule has 0 saturated carbocycles. The van der Waals surface area contributed by atoms with Crippen molar-refractivity contribution in [2.24, 2.45) is 0 Å². The Morgan fingerprint density at radius 1 is 0.667 bits per heavy atom. The van der Waals surface area contributed by atoms with Crippen molar-refractivity contribution in [1.82, 2.24) is 0 Å². The smallest absolute Gasteiger partial charge is 0.397 e. The van der Waals surface area contributed by atoms with E-state index in [0.29, 0.717) is 13.0 Å². The first-order valence-corrected chi connectivity index (χ1v) is 21.7. The summed E-state index contributed by atoms with van der Waals surface area (Å²) in [4.78, 5) is 12.5. The zero-order valence-electron chi connectivity index (χ0n) is 31.9. The molecule has 6 atom stereocenters. The van der Waals surface area contributed by atoms with Crippen molar-refractivity contribution in [2.75, 3.05) is 26.4 Å². The van der Waals surface area contributed by atoms with Crippen molar-refractivity contribution < 1.29 is 56.2 Å². The van der Waals surface area contributed by atoms with E-state index in [0.717, 1.165) is 38.5 Å². The molecular weight excluding hydrogens is 680 g/mol. The molecule has 0 amide bonds. The third-order valence-electron chi connectivity index (χ3n) is 9.48. The number of ether oxygens (including phenoxy) is 4. The molecule has 51 heavy (non-hydrogen) atoms. The van der Waals surface area contributed by atoms with E-state index >= 15 is 0 Å². The fourth-order valence-electron chi connectivity index (χ4n) is 6.38. The lowest BCUT2D eigenvalue weighted by Crippen LogP contribution is -2.60. The van der Waals surface area contributed by atoms with Gasteiger partial charge in [0, 0.05) is 13.0 Å². The highest BCUT2D eigenvalue weighted by atomic mass is 32.3. The van der Waals surface area contributed by atoms with Crippen LogP contribution < -0.4 is 0 Å². The molecule has 6 unspecified atom stereocenters. The Balaban J connectivity index is 2.27. The summed E-state index contributed by atoms with van der Waals surface area (Å²) < 4.78 is 58.5. The third-order valence-corrected chi connectivity index (χ3v) is 9.94. The molecule has 0 aromatic heterocycles. The van der Waals surface area contributed by atoms with Gasteiger partial charge in [0.25, 0.3) is 0 Å². The van der Waals surface area contributed by atoms with E-state index in [-0.39, 0.29) is 19.6 Å². The number of carbonyl (C=O) groups excluding carboxylic acids is 1. The SMILES string of the molecule is CCCCCCCCCCCCCCCCCCCCCCOCC(COC1OC(CO)C(O)C(OS(=O)(=O)O)C1O)OC(=O)CCCCCC. The van der Waals surface area contributed by atoms with E-state index in [1.807, 2.05) is 0 Å². The second kappa shape index (κ2) is 31.5. The van der Waals surface area contributed by atoms with Crippen LogP contribution in [0.15, 0.2) is 0 Å². The molecule has 0 aromatic carbocycles. The summed E-state index contributed by atoms with van der Waals surface area (Å²) in [5.41, 5.74) is 0. The second-order valence-electron chi connectivity index (χ2n) is 14.2. The number of aliphatic hydroxyl groups excluding tert-OH is 3. The van der Waals surface area contributed by atoms with Crippen LogP contribution in [0.1, 0.15) is 174 Å². The lowest BCUT2D eigenvalue weighted by atomic mass is 9.99. The lowest BCUT2D eigenvalue weighted by molar-refractivity contribution is -0.301. The van der Waals surface area contributed by atoms with Crippen LogP contribution in [0.5, 0.6) is 0 Å². The number of hydrogen-bond acceptors (Lipinski definition) is 11. The van der Waals surface area contributed by atoms with Crippen molar-refractivity contribution >= 4 is 16.4 Å². The molecular formula is C38H74O12S. The maximum atomic E-state index is 12.5. The average Bonchev–Trinajstić information content (AvgIpc) is 3.09. The minimum atomic E-state index is -5.04. The van der Waals surface area contributed by atoms with Gasteiger partial charge in [-0.2, -0.15) is 8.42 Å². The molecule has 304 valence electrons. The number of carbonyl (C=O) groups is 1. The number of hydrogen-bond donors (Lipinski definition) is 4. The first-order valence-electron chi connectivity index (χ1n) is 20.3. The largest absolute Gasteiger partial charge is 0.457 e. The maximum absolute atomic E-state index is 12.5. The molecule has 12 nitrogen and oxygen atoms in total. The fraction of sp³-hybridized carbons (Fsp3) is 0.974. The first-order chi connectivity index (χ1) is 24.6. The zero-order chi connectivity index (χ0) is 37.6. The summed E-state index contributed by atoms with van der Waals surface area (Å²) in [5.74, 6) is -0.413. The Bertz CT molecular complexity index is 921. The Kier molecular flexibility index (Phi) is 29.7. The van der Waals surface area contributed by atoms with E-state index in [9.17, 15) is 28.5 Å². The van der Waals surface area contributed by atoms with Gasteiger partial charge in [0.05, 0.1) is 19.8 Å². The van der Waals surface area contributed by atoms with Crippen LogP contribution in [0.2, 0.25) is 0 Å². The highest BCUT2D eigenvalue weighted by Crippen LogP contribution is 2.26. The van der Waals surface area contributed by atoms with Crippen LogP contribution in [-0.4, -0.2) is 97.5 Å². The summed E-state index contributed by atoms with van der Waals surface area (Å²) in [6, 6.07) is 0. The van der Waals surface area contributed by atoms with Crippen molar-refractivity contribution in [3.05, 3.63) is 0 Å². The van der Waals surface area contributed by atoms with Gasteiger partial charge < -0.3 is 34.3 Å². The zero-order valence-corrected chi connectivity index (χ0v) is 32.7. The molecule has 1 aliphatic rings. The van der Waals surface area contributed by atoms with E-state index in [1.165, 1.54) is 109 Å². The molecule has 13 heteroatoms. The average molecular weight is 755 g/mol. The summed E-state index contributed by atoms with van der Waals surface area (Å²) in [5, 5.41) is 30.4. The van der Waals surface area contributed by atoms with Gasteiger partial charge in [0.2, 0.25) is 0 Å². The maximum Gasteiger partial charge on any atom is 0.397 e. The number of aliphatic hydroxyl groups is 3. The molecule has 0 bridgehead atoms. The van der Waals surface area contributed by atoms with Crippen LogP contribution >= 0.6 is 0 Å². The first kappa shape index (κ1) is 48.1. The summed E-state index contributed by atoms with van der Waals surface area (Å²) in [7, 11) is -5.04. The summed E-state index contributed by atoms with van der Waals surface area (Å²) in [6.07, 6.45) is 20.8. The van der Waals surface area contributed by atoms with Crippen LogP contribution in [0.4, 0.5) is 0 Å². The van der Waals surface area contributed by atoms with Gasteiger partial charge in [0.1, 0.15) is 30.5 Å². The van der Waals surface area contributed by atoms with Crippen molar-refractivity contribution in [3.8, 4) is 0 Å². The van der Waals surface area contributed by atoms with E-state index < -0.39 is 59.8 Å². The van der Waals surface area contributed by atoms with Gasteiger partial charge in [-0.25, -0.2) is 4.18 Å². The highest BCUT2D eigenvalue weighted by Gasteiger charge is 2.48. The van der Waals surface area contributed by atoms with Gasteiger partial charge in [-0.15, -0.1) is 0 Å². The van der Waals surface area contributed by atoms with E-state index in [1.54, 1.807) is 0 Å². The fourth-order valence-corrected chi connectivity index (χ4v) is 6.89. The van der Waals surface area contributed by atoms with Crippen LogP contribution in [0, 0.1) is 0 Å². The van der Waals surface area contributed by atoms with Gasteiger partial charge in [-0.3, -0.25) is 9.35 Å². The number of esters is 1. The molecule has 0 aliphatic carbocycles. The molecule has 1 aliphatic heterocycles. The second-order valence-corrected chi connectivity index (χ2v) is 15.3. The van der Waals surface area contributed by atoms with Crippen molar-refractivity contribution in [2.45, 2.75) is 211 Å². The monoisotopic (exact) mass is 754 g/mol. The van der Waals surface area contributed by atoms with Gasteiger partial charge in [0.15, 0.2) is 6.29 Å². The Morgan fingerprint density at radius 2 is 1.12 bits per heavy atom. The van der Waals surface area contributed by atoms with Crippen LogP contribution in [-0.2, 0) is 38.3 Å². The molecule has 1 fully saturated rings. The van der Waals surface area contributed by atoms with Gasteiger partial charge >= 0.3 is 16.4 Å². The van der Waals surface area contributed by atoms with Crippen LogP contribution in [0.3, 0.4) is 0 Å². The molecule has 1 heterocycles. The predicted molar refractivity (Wildman–Crippen MR) is 198 cm³/mol. The van der Waals surface area contributed by atoms with Gasteiger partial charge in [-0.1, -0.05) is 155 Å². The third kappa shape index (κ3) is 25.7. The molecule has 0 spiro atoms. The van der Waals surface area contributed by atoms with Crippen molar-refractivity contribution in [1.29, 1.82) is 0 Å². The van der Waals surface area contributed by atoms with E-state index in [4.69, 9.17) is 23.5 Å². The quantitative estimate of drug-likeness (QED) is 0.0288. The Labute approximate surface area is 309 Å². The van der Waals surface area contributed by atoms with Crippen LogP contribution in [0.25, 0.3) is 0 Å².